The highest BCUT2D eigenvalue weighted by atomic mass is 79.9. The Labute approximate surface area is 174 Å². The van der Waals surface area contributed by atoms with Crippen molar-refractivity contribution in [1.29, 1.82) is 5.26 Å². The summed E-state index contributed by atoms with van der Waals surface area (Å²) >= 11 is 4.33. The number of hydrogen-bond donors (Lipinski definition) is 1. The quantitative estimate of drug-likeness (QED) is 0.498. The molecule has 0 aliphatic carbocycles. The predicted molar refractivity (Wildman–Crippen MR) is 104 cm³/mol. The minimum absolute atomic E-state index is 0.0980. The molecule has 0 saturated heterocycles. The third-order valence-corrected chi connectivity index (χ3v) is 5.69. The van der Waals surface area contributed by atoms with Crippen LogP contribution >= 0.6 is 27.7 Å². The van der Waals surface area contributed by atoms with Crippen molar-refractivity contribution in [2.45, 2.75) is 5.92 Å². The van der Waals surface area contributed by atoms with Gasteiger partial charge in [0.2, 0.25) is 5.91 Å². The third kappa shape index (κ3) is 4.48. The van der Waals surface area contributed by atoms with Gasteiger partial charge in [-0.15, -0.1) is 0 Å². The van der Waals surface area contributed by atoms with Gasteiger partial charge in [-0.05, 0) is 33.6 Å². The Bertz CT molecular complexity index is 879. The maximum atomic E-state index is 12.7. The lowest BCUT2D eigenvalue weighted by molar-refractivity contribution is -0.150. The number of nitriles is 1. The molecule has 0 bridgehead atoms. The number of carbonyl (C=O) groups is 3. The van der Waals surface area contributed by atoms with Crippen LogP contribution in [-0.4, -0.2) is 44.9 Å². The van der Waals surface area contributed by atoms with Crippen LogP contribution in [0.3, 0.4) is 0 Å². The molecule has 2 rings (SSSR count). The first-order chi connectivity index (χ1) is 13.4. The van der Waals surface area contributed by atoms with Gasteiger partial charge in [0.25, 0.3) is 0 Å². The van der Waals surface area contributed by atoms with Gasteiger partial charge >= 0.3 is 11.9 Å². The van der Waals surface area contributed by atoms with E-state index >= 15 is 0 Å². The number of carbonyl (C=O) groups excluding carboxylic acids is 3. The van der Waals surface area contributed by atoms with E-state index in [1.165, 1.54) is 21.3 Å². The fourth-order valence-electron chi connectivity index (χ4n) is 2.75. The minimum Gasteiger partial charge on any atom is -0.496 e. The SMILES string of the molecule is COC(=O)CSC1=C(C#N)[C@@H](c2ccc(OC)c(Br)c2)[C@H](C(=O)OC)C(=O)N1. The third-order valence-electron chi connectivity index (χ3n) is 4.08. The molecule has 1 heterocycles. The van der Waals surface area contributed by atoms with E-state index in [1.54, 1.807) is 18.2 Å². The molecule has 1 aromatic rings. The molecule has 0 spiro atoms. The number of nitrogens with zero attached hydrogens (tertiary/aromatic N) is 1. The Kier molecular flexibility index (Phi) is 7.48. The number of hydrogen-bond acceptors (Lipinski definition) is 8. The van der Waals surface area contributed by atoms with Gasteiger partial charge in [0, 0.05) is 5.92 Å². The molecule has 1 amide bonds. The van der Waals surface area contributed by atoms with Crippen LogP contribution in [-0.2, 0) is 23.9 Å². The van der Waals surface area contributed by atoms with Crippen LogP contribution in [0.5, 0.6) is 5.75 Å². The van der Waals surface area contributed by atoms with Crippen LogP contribution in [0.15, 0.2) is 33.3 Å². The van der Waals surface area contributed by atoms with Crippen molar-refractivity contribution < 1.29 is 28.6 Å². The number of esters is 2. The van der Waals surface area contributed by atoms with Crippen molar-refractivity contribution in [3.05, 3.63) is 38.8 Å². The smallest absolute Gasteiger partial charge is 0.319 e. The zero-order valence-electron chi connectivity index (χ0n) is 15.3. The van der Waals surface area contributed by atoms with E-state index in [9.17, 15) is 19.6 Å². The predicted octanol–water partition coefficient (Wildman–Crippen LogP) is 2.10. The van der Waals surface area contributed by atoms with E-state index < -0.39 is 29.7 Å². The van der Waals surface area contributed by atoms with Gasteiger partial charge in [0.1, 0.15) is 11.7 Å². The van der Waals surface area contributed by atoms with Gasteiger partial charge in [0.15, 0.2) is 0 Å². The molecule has 148 valence electrons. The summed E-state index contributed by atoms with van der Waals surface area (Å²) in [7, 11) is 3.92. The molecule has 8 nitrogen and oxygen atoms in total. The van der Waals surface area contributed by atoms with Gasteiger partial charge < -0.3 is 19.5 Å². The normalized spacial score (nSPS) is 18.8. The summed E-state index contributed by atoms with van der Waals surface area (Å²) in [5.74, 6) is -3.56. The lowest BCUT2D eigenvalue weighted by Gasteiger charge is -2.31. The number of allylic oxidation sites excluding steroid dienone is 1. The van der Waals surface area contributed by atoms with E-state index in [4.69, 9.17) is 9.47 Å². The standard InChI is InChI=1S/C18H17BrN2O6S/c1-25-12-5-4-9(6-11(12)19)14-10(7-20)17(28-8-13(22)26-2)21-16(23)15(14)18(24)27-3/h4-6,14-15H,8H2,1-3H3,(H,21,23)/t14-,15+/m1/s1. The number of thioether (sulfide) groups is 1. The van der Waals surface area contributed by atoms with Crippen LogP contribution in [0.2, 0.25) is 0 Å². The fraction of sp³-hybridized carbons (Fsp3) is 0.333. The van der Waals surface area contributed by atoms with E-state index in [-0.39, 0.29) is 16.4 Å². The summed E-state index contributed by atoms with van der Waals surface area (Å²) in [6.07, 6.45) is 0. The molecule has 2 atom stereocenters. The molecular formula is C18H17BrN2O6S. The van der Waals surface area contributed by atoms with E-state index in [0.717, 1.165) is 11.8 Å². The maximum Gasteiger partial charge on any atom is 0.319 e. The van der Waals surface area contributed by atoms with Crippen LogP contribution in [0.25, 0.3) is 0 Å². The highest BCUT2D eigenvalue weighted by Crippen LogP contribution is 2.41. The number of methoxy groups -OCH3 is 3. The van der Waals surface area contributed by atoms with Crippen molar-refractivity contribution in [1.82, 2.24) is 5.32 Å². The molecule has 1 N–H and O–H groups in total. The Balaban J connectivity index is 2.58. The zero-order chi connectivity index (χ0) is 20.8. The molecule has 1 aromatic carbocycles. The summed E-state index contributed by atoms with van der Waals surface area (Å²) in [6, 6.07) is 7.07. The minimum atomic E-state index is -1.25. The largest absolute Gasteiger partial charge is 0.496 e. The first-order valence-electron chi connectivity index (χ1n) is 7.93. The average molecular weight is 469 g/mol. The van der Waals surface area contributed by atoms with Crippen LogP contribution in [0.1, 0.15) is 11.5 Å². The van der Waals surface area contributed by atoms with Crippen molar-refractivity contribution in [3.8, 4) is 11.8 Å². The molecular weight excluding hydrogens is 452 g/mol. The topological polar surface area (TPSA) is 115 Å². The van der Waals surface area contributed by atoms with Gasteiger partial charge in [-0.2, -0.15) is 5.26 Å². The molecule has 0 radical (unpaired) electrons. The van der Waals surface area contributed by atoms with Gasteiger partial charge in [-0.25, -0.2) is 0 Å². The molecule has 1 aliphatic rings. The van der Waals surface area contributed by atoms with Gasteiger partial charge in [-0.3, -0.25) is 14.4 Å². The summed E-state index contributed by atoms with van der Waals surface area (Å²) in [5.41, 5.74) is 0.701. The second-order valence-electron chi connectivity index (χ2n) is 5.58. The molecule has 0 saturated carbocycles. The van der Waals surface area contributed by atoms with E-state index in [2.05, 4.69) is 32.1 Å². The fourth-order valence-corrected chi connectivity index (χ4v) is 4.18. The monoisotopic (exact) mass is 468 g/mol. The number of amides is 1. The summed E-state index contributed by atoms with van der Waals surface area (Å²) < 4.78 is 15.2. The van der Waals surface area contributed by atoms with Crippen molar-refractivity contribution >= 4 is 45.5 Å². The Hall–Kier alpha value is -2.51. The average Bonchev–Trinajstić information content (AvgIpc) is 2.70. The number of rotatable bonds is 6. The molecule has 28 heavy (non-hydrogen) atoms. The van der Waals surface area contributed by atoms with E-state index in [0.29, 0.717) is 15.8 Å². The number of benzene rings is 1. The second-order valence-corrected chi connectivity index (χ2v) is 7.42. The van der Waals surface area contributed by atoms with Crippen molar-refractivity contribution in [2.24, 2.45) is 5.92 Å². The van der Waals surface area contributed by atoms with E-state index in [1.807, 2.05) is 0 Å². The van der Waals surface area contributed by atoms with Crippen LogP contribution in [0, 0.1) is 17.2 Å². The number of halogens is 1. The molecule has 1 aliphatic heterocycles. The van der Waals surface area contributed by atoms with Crippen LogP contribution < -0.4 is 10.1 Å². The molecule has 0 fully saturated rings. The highest BCUT2D eigenvalue weighted by Gasteiger charge is 2.44. The lowest BCUT2D eigenvalue weighted by Crippen LogP contribution is -2.44. The lowest BCUT2D eigenvalue weighted by atomic mass is 9.78. The molecule has 0 unspecified atom stereocenters. The summed E-state index contributed by atoms with van der Waals surface area (Å²) in [6.45, 7) is 0. The summed E-state index contributed by atoms with van der Waals surface area (Å²) in [5, 5.41) is 12.5. The Morgan fingerprint density at radius 3 is 2.54 bits per heavy atom. The molecule has 0 aromatic heterocycles. The Morgan fingerprint density at radius 1 is 1.29 bits per heavy atom. The van der Waals surface area contributed by atoms with Gasteiger partial charge in [0.05, 0.1) is 48.2 Å². The number of ether oxygens (including phenoxy) is 3. The first-order valence-corrected chi connectivity index (χ1v) is 9.71. The summed E-state index contributed by atoms with van der Waals surface area (Å²) in [4.78, 5) is 36.4. The maximum absolute atomic E-state index is 12.7. The number of nitrogens with one attached hydrogen (secondary N) is 1. The molecule has 10 heteroatoms. The van der Waals surface area contributed by atoms with Crippen molar-refractivity contribution in [2.75, 3.05) is 27.1 Å². The zero-order valence-corrected chi connectivity index (χ0v) is 17.7. The van der Waals surface area contributed by atoms with Crippen molar-refractivity contribution in [3.63, 3.8) is 0 Å². The van der Waals surface area contributed by atoms with Gasteiger partial charge in [-0.1, -0.05) is 17.8 Å². The highest BCUT2D eigenvalue weighted by molar-refractivity contribution is 9.10. The van der Waals surface area contributed by atoms with Crippen LogP contribution in [0.4, 0.5) is 0 Å². The Morgan fingerprint density at radius 2 is 2.00 bits per heavy atom. The first kappa shape index (κ1) is 21.8. The second kappa shape index (κ2) is 9.61.